The molecule has 1 fully saturated rings. The van der Waals surface area contributed by atoms with Gasteiger partial charge in [-0.15, -0.1) is 24.0 Å². The summed E-state index contributed by atoms with van der Waals surface area (Å²) >= 11 is 12.1. The first-order valence-electron chi connectivity index (χ1n) is 8.42. The van der Waals surface area contributed by atoms with Crippen LogP contribution in [-0.2, 0) is 28.4 Å². The van der Waals surface area contributed by atoms with E-state index in [4.69, 9.17) is 27.9 Å². The Balaban J connectivity index is 0.00000364. The lowest BCUT2D eigenvalue weighted by molar-refractivity contribution is 0.0730. The number of aliphatic imine (C=N–C) groups is 1. The zero-order valence-corrected chi connectivity index (χ0v) is 20.0. The third-order valence-electron chi connectivity index (χ3n) is 3.98. The molecule has 0 aliphatic carbocycles. The Morgan fingerprint density at radius 1 is 1.30 bits per heavy atom. The standard InChI is InChI=1S/C15H25Cl2N5O3S.HI/c1-3-18-15(20-11-12-10-13(16)14(17)21(12)2)19-4-9-26(23,24)22-5-7-25-8-6-22;/h10H,3-9,11H2,1-2H3,(H2,18,19,20);1H. The monoisotopic (exact) mass is 553 g/mol. The van der Waals surface area contributed by atoms with Crippen LogP contribution in [0, 0.1) is 0 Å². The number of halogens is 3. The first-order valence-corrected chi connectivity index (χ1v) is 10.8. The Morgan fingerprint density at radius 3 is 2.52 bits per heavy atom. The van der Waals surface area contributed by atoms with E-state index in [0.717, 1.165) is 5.69 Å². The molecule has 1 aromatic heterocycles. The average molecular weight is 554 g/mol. The molecule has 2 heterocycles. The van der Waals surface area contributed by atoms with Crippen LogP contribution < -0.4 is 10.6 Å². The molecule has 0 unspecified atom stereocenters. The summed E-state index contributed by atoms with van der Waals surface area (Å²) in [7, 11) is -1.49. The number of sulfonamides is 1. The molecule has 8 nitrogen and oxygen atoms in total. The van der Waals surface area contributed by atoms with Gasteiger partial charge in [-0.2, -0.15) is 4.31 Å². The van der Waals surface area contributed by atoms with Crippen molar-refractivity contribution >= 4 is 63.2 Å². The summed E-state index contributed by atoms with van der Waals surface area (Å²) in [6, 6.07) is 1.76. The quantitative estimate of drug-likeness (QED) is 0.305. The summed E-state index contributed by atoms with van der Waals surface area (Å²) in [5.74, 6) is 0.539. The Morgan fingerprint density at radius 2 is 1.96 bits per heavy atom. The molecule has 0 saturated carbocycles. The average Bonchev–Trinajstić information content (AvgIpc) is 2.87. The second-order valence-electron chi connectivity index (χ2n) is 5.78. The second kappa shape index (κ2) is 11.7. The van der Waals surface area contributed by atoms with Crippen molar-refractivity contribution in [3.8, 4) is 0 Å². The van der Waals surface area contributed by atoms with Crippen LogP contribution in [0.15, 0.2) is 11.1 Å². The lowest BCUT2D eigenvalue weighted by atomic mass is 10.4. The van der Waals surface area contributed by atoms with E-state index in [-0.39, 0.29) is 36.3 Å². The van der Waals surface area contributed by atoms with Gasteiger partial charge in [0.2, 0.25) is 10.0 Å². The van der Waals surface area contributed by atoms with Gasteiger partial charge >= 0.3 is 0 Å². The van der Waals surface area contributed by atoms with E-state index in [1.54, 1.807) is 10.6 Å². The van der Waals surface area contributed by atoms with Crippen molar-refractivity contribution in [3.05, 3.63) is 21.9 Å². The van der Waals surface area contributed by atoms with Gasteiger partial charge in [0.15, 0.2) is 5.96 Å². The van der Waals surface area contributed by atoms with Crippen molar-refractivity contribution in [2.24, 2.45) is 12.0 Å². The molecule has 0 atom stereocenters. The molecule has 1 aliphatic heterocycles. The maximum atomic E-state index is 12.3. The van der Waals surface area contributed by atoms with Gasteiger partial charge in [-0.05, 0) is 13.0 Å². The van der Waals surface area contributed by atoms with E-state index in [0.29, 0.717) is 55.5 Å². The van der Waals surface area contributed by atoms with Crippen molar-refractivity contribution in [1.82, 2.24) is 19.5 Å². The van der Waals surface area contributed by atoms with Gasteiger partial charge in [0, 0.05) is 38.9 Å². The number of guanidine groups is 1. The van der Waals surface area contributed by atoms with Gasteiger partial charge < -0.3 is 19.9 Å². The van der Waals surface area contributed by atoms with Crippen LogP contribution in [-0.4, -0.2) is 68.4 Å². The topological polar surface area (TPSA) is 88.0 Å². The van der Waals surface area contributed by atoms with E-state index >= 15 is 0 Å². The smallest absolute Gasteiger partial charge is 0.215 e. The Hall–Kier alpha value is -0.270. The molecule has 12 heteroatoms. The zero-order chi connectivity index (χ0) is 19.2. The Kier molecular flexibility index (Phi) is 10.7. The van der Waals surface area contributed by atoms with E-state index in [9.17, 15) is 8.42 Å². The number of aromatic nitrogens is 1. The first kappa shape index (κ1) is 24.8. The third kappa shape index (κ3) is 7.24. The Labute approximate surface area is 187 Å². The predicted molar refractivity (Wildman–Crippen MR) is 120 cm³/mol. The lowest BCUT2D eigenvalue weighted by Crippen LogP contribution is -2.45. The number of nitrogens with zero attached hydrogens (tertiary/aromatic N) is 3. The van der Waals surface area contributed by atoms with Crippen LogP contribution in [0.4, 0.5) is 0 Å². The summed E-state index contributed by atoms with van der Waals surface area (Å²) in [5, 5.41) is 7.09. The summed E-state index contributed by atoms with van der Waals surface area (Å²) in [6.07, 6.45) is 0. The fraction of sp³-hybridized carbons (Fsp3) is 0.667. The van der Waals surface area contributed by atoms with Gasteiger partial charge in [0.05, 0.1) is 30.5 Å². The number of hydrogen-bond acceptors (Lipinski definition) is 4. The van der Waals surface area contributed by atoms with Crippen molar-refractivity contribution in [1.29, 1.82) is 0 Å². The number of ether oxygens (including phenoxy) is 1. The SMILES string of the molecule is CCNC(=NCc1cc(Cl)c(Cl)n1C)NCCS(=O)(=O)N1CCOCC1.I. The molecule has 27 heavy (non-hydrogen) atoms. The molecule has 0 aromatic carbocycles. The summed E-state index contributed by atoms with van der Waals surface area (Å²) < 4.78 is 33.1. The minimum Gasteiger partial charge on any atom is -0.379 e. The fourth-order valence-corrected chi connectivity index (χ4v) is 4.23. The molecular weight excluding hydrogens is 528 g/mol. The molecule has 1 aromatic rings. The highest BCUT2D eigenvalue weighted by Crippen LogP contribution is 2.25. The molecule has 156 valence electrons. The summed E-state index contributed by atoms with van der Waals surface area (Å²) in [5.41, 5.74) is 0.859. The molecule has 1 aliphatic rings. The van der Waals surface area contributed by atoms with Gasteiger partial charge in [-0.3, -0.25) is 0 Å². The number of hydrogen-bond donors (Lipinski definition) is 2. The van der Waals surface area contributed by atoms with E-state index in [1.807, 2.05) is 14.0 Å². The van der Waals surface area contributed by atoms with E-state index < -0.39 is 10.0 Å². The highest BCUT2D eigenvalue weighted by molar-refractivity contribution is 14.0. The van der Waals surface area contributed by atoms with Gasteiger partial charge in [-0.25, -0.2) is 13.4 Å². The molecule has 2 N–H and O–H groups in total. The highest BCUT2D eigenvalue weighted by Gasteiger charge is 2.23. The normalized spacial score (nSPS) is 16.1. The van der Waals surface area contributed by atoms with Crippen LogP contribution in [0.1, 0.15) is 12.6 Å². The second-order valence-corrected chi connectivity index (χ2v) is 8.64. The fourth-order valence-electron chi connectivity index (χ4n) is 2.49. The van der Waals surface area contributed by atoms with Crippen LogP contribution in [0.5, 0.6) is 0 Å². The van der Waals surface area contributed by atoms with Crippen molar-refractivity contribution in [2.45, 2.75) is 13.5 Å². The maximum absolute atomic E-state index is 12.3. The lowest BCUT2D eigenvalue weighted by Gasteiger charge is -2.26. The zero-order valence-electron chi connectivity index (χ0n) is 15.4. The molecule has 0 bridgehead atoms. The van der Waals surface area contributed by atoms with E-state index in [2.05, 4.69) is 15.6 Å². The first-order chi connectivity index (χ1) is 12.3. The van der Waals surface area contributed by atoms with Crippen molar-refractivity contribution < 1.29 is 13.2 Å². The van der Waals surface area contributed by atoms with Crippen LogP contribution in [0.2, 0.25) is 10.2 Å². The van der Waals surface area contributed by atoms with Gasteiger partial charge in [0.25, 0.3) is 0 Å². The van der Waals surface area contributed by atoms with E-state index in [1.165, 1.54) is 4.31 Å². The molecule has 0 radical (unpaired) electrons. The number of morpholine rings is 1. The van der Waals surface area contributed by atoms with Crippen LogP contribution in [0.25, 0.3) is 0 Å². The Bertz CT molecular complexity index is 736. The molecule has 0 amide bonds. The summed E-state index contributed by atoms with van der Waals surface area (Å²) in [6.45, 7) is 4.94. The molecular formula is C15H26Cl2IN5O3S. The van der Waals surface area contributed by atoms with Crippen LogP contribution >= 0.6 is 47.2 Å². The molecule has 0 spiro atoms. The number of rotatable bonds is 7. The van der Waals surface area contributed by atoms with Crippen molar-refractivity contribution in [2.75, 3.05) is 45.1 Å². The van der Waals surface area contributed by atoms with Gasteiger partial charge in [-0.1, -0.05) is 23.2 Å². The molecule has 1 saturated heterocycles. The minimum absolute atomic E-state index is 0. The largest absolute Gasteiger partial charge is 0.379 e. The third-order valence-corrected chi connectivity index (χ3v) is 6.69. The highest BCUT2D eigenvalue weighted by atomic mass is 127. The number of nitrogens with one attached hydrogen (secondary N) is 2. The maximum Gasteiger partial charge on any atom is 0.215 e. The van der Waals surface area contributed by atoms with Gasteiger partial charge in [0.1, 0.15) is 5.15 Å². The predicted octanol–water partition coefficient (Wildman–Crippen LogP) is 1.67. The van der Waals surface area contributed by atoms with Crippen molar-refractivity contribution in [3.63, 3.8) is 0 Å². The molecule has 2 rings (SSSR count). The van der Waals surface area contributed by atoms with Crippen LogP contribution in [0.3, 0.4) is 0 Å². The minimum atomic E-state index is -3.30. The summed E-state index contributed by atoms with van der Waals surface area (Å²) in [4.78, 5) is 4.46.